The molecule has 3 heteroatoms. The Balaban J connectivity index is 2.71. The van der Waals surface area contributed by atoms with Crippen LogP contribution in [0.5, 0.6) is 0 Å². The van der Waals surface area contributed by atoms with Crippen molar-refractivity contribution in [1.82, 2.24) is 4.98 Å². The first kappa shape index (κ1) is 8.33. The third-order valence-corrected chi connectivity index (χ3v) is 2.68. The lowest BCUT2D eigenvalue weighted by molar-refractivity contribution is 1.27. The minimum atomic E-state index is 0.449. The summed E-state index contributed by atoms with van der Waals surface area (Å²) < 4.78 is 1.04. The van der Waals surface area contributed by atoms with Gasteiger partial charge in [-0.25, -0.2) is 0 Å². The van der Waals surface area contributed by atoms with Gasteiger partial charge >= 0.3 is 0 Å². The van der Waals surface area contributed by atoms with E-state index < -0.39 is 0 Å². The van der Waals surface area contributed by atoms with Crippen LogP contribution in [-0.4, -0.2) is 4.98 Å². The molecule has 0 amide bonds. The minimum Gasteiger partial charge on any atom is -0.360 e. The SMILES string of the molecule is N#CCc1cccc2c(Br)c[nH]c12. The van der Waals surface area contributed by atoms with Crippen LogP contribution in [0.15, 0.2) is 28.9 Å². The molecule has 1 heterocycles. The van der Waals surface area contributed by atoms with Crippen LogP contribution in [0.3, 0.4) is 0 Å². The van der Waals surface area contributed by atoms with Crippen LogP contribution in [0.2, 0.25) is 0 Å². The monoisotopic (exact) mass is 234 g/mol. The second kappa shape index (κ2) is 3.23. The number of aromatic nitrogens is 1. The van der Waals surface area contributed by atoms with Crippen molar-refractivity contribution in [1.29, 1.82) is 5.26 Å². The van der Waals surface area contributed by atoms with E-state index in [4.69, 9.17) is 5.26 Å². The Bertz CT molecular complexity index is 479. The molecule has 64 valence electrons. The van der Waals surface area contributed by atoms with Gasteiger partial charge in [-0.3, -0.25) is 0 Å². The van der Waals surface area contributed by atoms with Gasteiger partial charge < -0.3 is 4.98 Å². The third-order valence-electron chi connectivity index (χ3n) is 2.02. The number of nitrogens with zero attached hydrogens (tertiary/aromatic N) is 1. The number of fused-ring (bicyclic) bond motifs is 1. The smallest absolute Gasteiger partial charge is 0.0670 e. The summed E-state index contributed by atoms with van der Waals surface area (Å²) in [7, 11) is 0. The molecule has 1 N–H and O–H groups in total. The van der Waals surface area contributed by atoms with Crippen LogP contribution in [-0.2, 0) is 6.42 Å². The zero-order chi connectivity index (χ0) is 9.26. The fourth-order valence-corrected chi connectivity index (χ4v) is 1.86. The fourth-order valence-electron chi connectivity index (χ4n) is 1.42. The molecule has 1 aromatic heterocycles. The predicted molar refractivity (Wildman–Crippen MR) is 55.3 cm³/mol. The van der Waals surface area contributed by atoms with E-state index in [0.717, 1.165) is 20.9 Å². The number of benzene rings is 1. The van der Waals surface area contributed by atoms with Crippen molar-refractivity contribution >= 4 is 26.8 Å². The number of aromatic amines is 1. The van der Waals surface area contributed by atoms with Gasteiger partial charge in [0.15, 0.2) is 0 Å². The van der Waals surface area contributed by atoms with Gasteiger partial charge in [0.05, 0.1) is 18.0 Å². The average molecular weight is 235 g/mol. The van der Waals surface area contributed by atoms with Gasteiger partial charge in [0.1, 0.15) is 0 Å². The molecule has 0 aliphatic heterocycles. The lowest BCUT2D eigenvalue weighted by Crippen LogP contribution is -1.82. The molecule has 0 spiro atoms. The molecule has 2 rings (SSSR count). The topological polar surface area (TPSA) is 39.6 Å². The van der Waals surface area contributed by atoms with E-state index >= 15 is 0 Å². The van der Waals surface area contributed by atoms with Crippen molar-refractivity contribution in [3.63, 3.8) is 0 Å². The standard InChI is InChI=1S/C10H7BrN2/c11-9-6-13-10-7(4-5-12)2-1-3-8(9)10/h1-3,6,13H,4H2. The van der Waals surface area contributed by atoms with E-state index in [9.17, 15) is 0 Å². The Kier molecular flexibility index (Phi) is 2.07. The van der Waals surface area contributed by atoms with Crippen LogP contribution in [0.1, 0.15) is 5.56 Å². The van der Waals surface area contributed by atoms with Gasteiger partial charge in [-0.2, -0.15) is 5.26 Å². The number of nitrogens with one attached hydrogen (secondary N) is 1. The maximum Gasteiger partial charge on any atom is 0.0670 e. The highest BCUT2D eigenvalue weighted by atomic mass is 79.9. The summed E-state index contributed by atoms with van der Waals surface area (Å²) in [6.45, 7) is 0. The normalized spacial score (nSPS) is 10.2. The van der Waals surface area contributed by atoms with Crippen molar-refractivity contribution in [3.05, 3.63) is 34.4 Å². The predicted octanol–water partition coefficient (Wildman–Crippen LogP) is 3.00. The van der Waals surface area contributed by atoms with Crippen molar-refractivity contribution in [3.8, 4) is 6.07 Å². The molecule has 0 saturated heterocycles. The molecule has 0 aliphatic carbocycles. The van der Waals surface area contributed by atoms with Crippen molar-refractivity contribution < 1.29 is 0 Å². The van der Waals surface area contributed by atoms with E-state index in [-0.39, 0.29) is 0 Å². The minimum absolute atomic E-state index is 0.449. The van der Waals surface area contributed by atoms with E-state index in [1.807, 2.05) is 24.4 Å². The number of halogens is 1. The molecule has 13 heavy (non-hydrogen) atoms. The largest absolute Gasteiger partial charge is 0.360 e. The number of hydrogen-bond donors (Lipinski definition) is 1. The Morgan fingerprint density at radius 2 is 2.31 bits per heavy atom. The molecule has 2 nitrogen and oxygen atoms in total. The highest BCUT2D eigenvalue weighted by molar-refractivity contribution is 9.10. The second-order valence-electron chi connectivity index (χ2n) is 2.81. The molecule has 0 aliphatic rings. The highest BCUT2D eigenvalue weighted by Gasteiger charge is 2.04. The van der Waals surface area contributed by atoms with Gasteiger partial charge in [0, 0.05) is 16.1 Å². The highest BCUT2D eigenvalue weighted by Crippen LogP contribution is 2.25. The summed E-state index contributed by atoms with van der Waals surface area (Å²) in [4.78, 5) is 3.14. The summed E-state index contributed by atoms with van der Waals surface area (Å²) in [5.74, 6) is 0. The number of hydrogen-bond acceptors (Lipinski definition) is 1. The zero-order valence-electron chi connectivity index (χ0n) is 6.84. The molecule has 0 radical (unpaired) electrons. The van der Waals surface area contributed by atoms with Crippen molar-refractivity contribution in [2.24, 2.45) is 0 Å². The maximum atomic E-state index is 8.61. The summed E-state index contributed by atoms with van der Waals surface area (Å²) in [6, 6.07) is 8.11. The zero-order valence-corrected chi connectivity index (χ0v) is 8.43. The van der Waals surface area contributed by atoms with Gasteiger partial charge in [0.2, 0.25) is 0 Å². The summed E-state index contributed by atoms with van der Waals surface area (Å²) >= 11 is 3.44. The average Bonchev–Trinajstić information content (AvgIpc) is 2.50. The van der Waals surface area contributed by atoms with Gasteiger partial charge in [-0.05, 0) is 21.5 Å². The molecular formula is C10H7BrN2. The van der Waals surface area contributed by atoms with Crippen molar-refractivity contribution in [2.75, 3.05) is 0 Å². The van der Waals surface area contributed by atoms with E-state index in [2.05, 4.69) is 27.0 Å². The summed E-state index contributed by atoms with van der Waals surface area (Å²) in [6.07, 6.45) is 2.34. The fraction of sp³-hybridized carbons (Fsp3) is 0.100. The van der Waals surface area contributed by atoms with Crippen molar-refractivity contribution in [2.45, 2.75) is 6.42 Å². The molecule has 0 fully saturated rings. The van der Waals surface area contributed by atoms with E-state index in [0.29, 0.717) is 6.42 Å². The third kappa shape index (κ3) is 1.34. The first-order valence-electron chi connectivity index (χ1n) is 3.94. The van der Waals surface area contributed by atoms with Gasteiger partial charge in [-0.1, -0.05) is 18.2 Å². The van der Waals surface area contributed by atoms with Crippen LogP contribution in [0.25, 0.3) is 10.9 Å². The molecule has 1 aromatic carbocycles. The molecule has 0 atom stereocenters. The Labute approximate surface area is 84.3 Å². The lowest BCUT2D eigenvalue weighted by atomic mass is 10.1. The quantitative estimate of drug-likeness (QED) is 0.810. The maximum absolute atomic E-state index is 8.61. The molecule has 0 unspecified atom stereocenters. The van der Waals surface area contributed by atoms with Crippen LogP contribution in [0.4, 0.5) is 0 Å². The number of para-hydroxylation sites is 1. The Hall–Kier alpha value is -1.27. The number of rotatable bonds is 1. The first-order valence-corrected chi connectivity index (χ1v) is 4.73. The second-order valence-corrected chi connectivity index (χ2v) is 3.67. The summed E-state index contributed by atoms with van der Waals surface area (Å²) in [5.41, 5.74) is 2.10. The molecule has 0 saturated carbocycles. The molecule has 0 bridgehead atoms. The summed E-state index contributed by atoms with van der Waals surface area (Å²) in [5, 5.41) is 9.74. The Morgan fingerprint density at radius 3 is 3.08 bits per heavy atom. The molecular weight excluding hydrogens is 228 g/mol. The molecule has 2 aromatic rings. The lowest BCUT2D eigenvalue weighted by Gasteiger charge is -1.96. The first-order chi connectivity index (χ1) is 6.33. The Morgan fingerprint density at radius 1 is 1.46 bits per heavy atom. The van der Waals surface area contributed by atoms with Crippen LogP contribution >= 0.6 is 15.9 Å². The van der Waals surface area contributed by atoms with Crippen LogP contribution in [0, 0.1) is 11.3 Å². The van der Waals surface area contributed by atoms with Gasteiger partial charge in [0.25, 0.3) is 0 Å². The van der Waals surface area contributed by atoms with Gasteiger partial charge in [-0.15, -0.1) is 0 Å². The van der Waals surface area contributed by atoms with E-state index in [1.54, 1.807) is 0 Å². The van der Waals surface area contributed by atoms with Crippen LogP contribution < -0.4 is 0 Å². The number of H-pyrrole nitrogens is 1. The van der Waals surface area contributed by atoms with E-state index in [1.165, 1.54) is 0 Å². The number of nitriles is 1.